The van der Waals surface area contributed by atoms with Gasteiger partial charge in [-0.3, -0.25) is 9.98 Å². The van der Waals surface area contributed by atoms with E-state index < -0.39 is 23.9 Å². The quantitative estimate of drug-likeness (QED) is 0.0173. The number of hydrogen-bond donors (Lipinski definition) is 0. The fraction of sp³-hybridized carbons (Fsp3) is 0.333. The number of unbranched alkanes of at least 4 members (excludes halogenated alkanes) is 12. The van der Waals surface area contributed by atoms with Crippen LogP contribution in [0.5, 0.6) is 23.0 Å². The monoisotopic (exact) mass is 1010 g/mol. The largest absolute Gasteiger partial charge is 0.494 e. The number of esters is 4. The van der Waals surface area contributed by atoms with Crippen molar-refractivity contribution < 1.29 is 47.6 Å². The van der Waals surface area contributed by atoms with E-state index in [0.717, 1.165) is 48.3 Å². The van der Waals surface area contributed by atoms with Crippen LogP contribution in [-0.4, -0.2) is 62.7 Å². The van der Waals surface area contributed by atoms with Crippen LogP contribution in [0.15, 0.2) is 156 Å². The van der Waals surface area contributed by atoms with Crippen molar-refractivity contribution >= 4 is 47.7 Å². The molecule has 0 heterocycles. The Kier molecular flexibility index (Phi) is 24.3. The molecule has 6 aromatic carbocycles. The van der Waals surface area contributed by atoms with Gasteiger partial charge >= 0.3 is 23.9 Å². The molecule has 0 fully saturated rings. The minimum absolute atomic E-state index is 0.0676. The topological polar surface area (TPSA) is 148 Å². The summed E-state index contributed by atoms with van der Waals surface area (Å²) in [4.78, 5) is 59.8. The molecule has 0 saturated heterocycles. The minimum Gasteiger partial charge on any atom is -0.494 e. The van der Waals surface area contributed by atoms with Crippen molar-refractivity contribution in [3.05, 3.63) is 179 Å². The van der Waals surface area contributed by atoms with Gasteiger partial charge in [-0.05, 0) is 170 Å². The molecule has 6 aromatic rings. The number of rotatable bonds is 32. The maximum absolute atomic E-state index is 12.7. The number of benzene rings is 6. The number of carbonyl (C=O) groups is 4. The van der Waals surface area contributed by atoms with Gasteiger partial charge in [0.1, 0.15) is 23.0 Å². The highest BCUT2D eigenvalue weighted by Crippen LogP contribution is 2.22. The summed E-state index contributed by atoms with van der Waals surface area (Å²) in [5.74, 6) is 0.363. The Bertz CT molecular complexity index is 2510. The standard InChI is InChI=1S/C63H70N2O10/c1-3-5-7-9-11-13-15-42-70-56-38-26-52(27-39-56)62(68)74-58-34-18-48(19-35-58)46-64-54-30-22-50(23-31-54)60(66)72-44-17-45-73-61(67)51-24-32-55(33-25-51)65-47-49-20-36-59(37-21-49)75-63(69)53-28-40-57(41-29-53)71-43-16-14-12-10-8-6-4-2/h18-41,46-47H,3-17,42-45H2,1-2H3. The Hall–Kier alpha value is -7.86. The first-order valence-electron chi connectivity index (χ1n) is 26.5. The van der Waals surface area contributed by atoms with Crippen LogP contribution in [0.25, 0.3) is 0 Å². The van der Waals surface area contributed by atoms with Crippen LogP contribution in [-0.2, 0) is 9.47 Å². The van der Waals surface area contributed by atoms with Gasteiger partial charge in [0.15, 0.2) is 0 Å². The zero-order chi connectivity index (χ0) is 52.7. The van der Waals surface area contributed by atoms with E-state index in [9.17, 15) is 19.2 Å². The van der Waals surface area contributed by atoms with Gasteiger partial charge in [-0.1, -0.05) is 90.9 Å². The lowest BCUT2D eigenvalue weighted by molar-refractivity contribution is 0.0395. The van der Waals surface area contributed by atoms with Crippen molar-refractivity contribution in [2.24, 2.45) is 9.98 Å². The molecule has 0 radical (unpaired) electrons. The number of nitrogens with zero attached hydrogens (tertiary/aromatic N) is 2. The van der Waals surface area contributed by atoms with E-state index in [4.69, 9.17) is 28.4 Å². The van der Waals surface area contributed by atoms with E-state index in [1.165, 1.54) is 64.2 Å². The van der Waals surface area contributed by atoms with E-state index in [-0.39, 0.29) is 13.2 Å². The van der Waals surface area contributed by atoms with Crippen LogP contribution < -0.4 is 18.9 Å². The first-order chi connectivity index (χ1) is 36.8. The second-order valence-electron chi connectivity index (χ2n) is 18.1. The van der Waals surface area contributed by atoms with Crippen LogP contribution in [0.1, 0.15) is 163 Å². The summed E-state index contributed by atoms with van der Waals surface area (Å²) < 4.78 is 33.6. The lowest BCUT2D eigenvalue weighted by atomic mass is 10.1. The molecule has 0 atom stereocenters. The van der Waals surface area contributed by atoms with Crippen LogP contribution in [0.3, 0.4) is 0 Å². The van der Waals surface area contributed by atoms with Crippen molar-refractivity contribution in [1.82, 2.24) is 0 Å². The van der Waals surface area contributed by atoms with Crippen LogP contribution in [0.2, 0.25) is 0 Å². The first-order valence-corrected chi connectivity index (χ1v) is 26.5. The molecule has 0 bridgehead atoms. The molecule has 75 heavy (non-hydrogen) atoms. The lowest BCUT2D eigenvalue weighted by Gasteiger charge is -2.08. The maximum atomic E-state index is 12.7. The molecule has 0 N–H and O–H groups in total. The van der Waals surface area contributed by atoms with E-state index in [1.54, 1.807) is 158 Å². The molecule has 0 unspecified atom stereocenters. The van der Waals surface area contributed by atoms with Crippen molar-refractivity contribution in [3.63, 3.8) is 0 Å². The molecule has 0 saturated carbocycles. The van der Waals surface area contributed by atoms with Gasteiger partial charge in [0.05, 0.1) is 60.1 Å². The smallest absolute Gasteiger partial charge is 0.343 e. The average molecular weight is 1020 g/mol. The molecular weight excluding hydrogens is 945 g/mol. The predicted octanol–water partition coefficient (Wildman–Crippen LogP) is 15.3. The Balaban J connectivity index is 0.821. The summed E-state index contributed by atoms with van der Waals surface area (Å²) in [6.45, 7) is 5.90. The van der Waals surface area contributed by atoms with Gasteiger partial charge < -0.3 is 28.4 Å². The van der Waals surface area contributed by atoms with Gasteiger partial charge in [0.25, 0.3) is 0 Å². The molecule has 6 rings (SSSR count). The molecule has 0 aromatic heterocycles. The van der Waals surface area contributed by atoms with Crippen molar-refractivity contribution in [2.75, 3.05) is 26.4 Å². The molecule has 0 amide bonds. The molecular formula is C63H70N2O10. The summed E-state index contributed by atoms with van der Waals surface area (Å²) in [6.07, 6.45) is 20.8. The summed E-state index contributed by atoms with van der Waals surface area (Å²) in [6, 6.07) is 41.3. The van der Waals surface area contributed by atoms with Gasteiger partial charge in [-0.25, -0.2) is 19.2 Å². The Labute approximate surface area is 442 Å². The Morgan fingerprint density at radius 3 is 1.00 bits per heavy atom. The van der Waals surface area contributed by atoms with Crippen molar-refractivity contribution in [3.8, 4) is 23.0 Å². The van der Waals surface area contributed by atoms with Gasteiger partial charge in [-0.15, -0.1) is 0 Å². The number of ether oxygens (including phenoxy) is 6. The van der Waals surface area contributed by atoms with E-state index in [1.807, 2.05) is 0 Å². The second-order valence-corrected chi connectivity index (χ2v) is 18.1. The fourth-order valence-electron chi connectivity index (χ4n) is 7.67. The summed E-state index contributed by atoms with van der Waals surface area (Å²) in [5, 5.41) is 0. The third kappa shape index (κ3) is 20.9. The minimum atomic E-state index is -0.502. The Morgan fingerprint density at radius 2 is 0.640 bits per heavy atom. The zero-order valence-corrected chi connectivity index (χ0v) is 43.4. The highest BCUT2D eigenvalue weighted by atomic mass is 16.6. The summed E-state index contributed by atoms with van der Waals surface area (Å²) >= 11 is 0. The molecule has 0 aliphatic heterocycles. The Morgan fingerprint density at radius 1 is 0.333 bits per heavy atom. The predicted molar refractivity (Wildman–Crippen MR) is 295 cm³/mol. The van der Waals surface area contributed by atoms with Crippen LogP contribution in [0, 0.1) is 0 Å². The molecule has 392 valence electrons. The summed E-state index contributed by atoms with van der Waals surface area (Å²) in [7, 11) is 0. The second kappa shape index (κ2) is 32.4. The number of carbonyl (C=O) groups excluding carboxylic acids is 4. The summed E-state index contributed by atoms with van der Waals surface area (Å²) in [5.41, 5.74) is 4.44. The van der Waals surface area contributed by atoms with Crippen molar-refractivity contribution in [2.45, 2.75) is 110 Å². The van der Waals surface area contributed by atoms with E-state index in [0.29, 0.717) is 64.8 Å². The normalized spacial score (nSPS) is 11.1. The first kappa shape index (κ1) is 56.4. The molecule has 0 aliphatic rings. The zero-order valence-electron chi connectivity index (χ0n) is 43.4. The molecule has 0 spiro atoms. The highest BCUT2D eigenvalue weighted by molar-refractivity contribution is 5.93. The third-order valence-electron chi connectivity index (χ3n) is 12.1. The van der Waals surface area contributed by atoms with E-state index >= 15 is 0 Å². The SMILES string of the molecule is CCCCCCCCCOc1ccc(C(=O)Oc2ccc(C=Nc3ccc(C(=O)OCCCOC(=O)c4ccc(N=Cc5ccc(OC(=O)c6ccc(OCCCCCCCCC)cc6)cc5)cc4)cc3)cc2)cc1. The van der Waals surface area contributed by atoms with Gasteiger partial charge in [0.2, 0.25) is 0 Å². The van der Waals surface area contributed by atoms with Crippen LogP contribution in [0.4, 0.5) is 11.4 Å². The molecule has 12 heteroatoms. The lowest BCUT2D eigenvalue weighted by Crippen LogP contribution is -2.11. The molecule has 0 aliphatic carbocycles. The molecule has 12 nitrogen and oxygen atoms in total. The number of hydrogen-bond acceptors (Lipinski definition) is 12. The van der Waals surface area contributed by atoms with E-state index in [2.05, 4.69) is 23.8 Å². The number of aliphatic imine (C=N–C) groups is 2. The average Bonchev–Trinajstić information content (AvgIpc) is 3.44. The van der Waals surface area contributed by atoms with Crippen molar-refractivity contribution in [1.29, 1.82) is 0 Å². The fourth-order valence-corrected chi connectivity index (χ4v) is 7.67. The third-order valence-corrected chi connectivity index (χ3v) is 12.1. The van der Waals surface area contributed by atoms with Crippen LogP contribution >= 0.6 is 0 Å². The maximum Gasteiger partial charge on any atom is 0.343 e. The van der Waals surface area contributed by atoms with Gasteiger partial charge in [-0.2, -0.15) is 0 Å². The van der Waals surface area contributed by atoms with Gasteiger partial charge in [0, 0.05) is 18.9 Å². The highest BCUT2D eigenvalue weighted by Gasteiger charge is 2.13.